The van der Waals surface area contributed by atoms with Crippen molar-refractivity contribution in [1.82, 2.24) is 19.9 Å². The molecule has 0 aliphatic carbocycles. The standard InChI is InChI=1S/C16H18N4/c1-20-15(10-19-16(20)11-6-7-17-8-11)13-9-18-14-5-3-2-4-12(13)14/h2-5,9-11,17-18H,6-8H2,1H3. The van der Waals surface area contributed by atoms with Gasteiger partial charge in [-0.3, -0.25) is 0 Å². The van der Waals surface area contributed by atoms with E-state index in [2.05, 4.69) is 57.4 Å². The first-order valence-electron chi connectivity index (χ1n) is 7.13. The maximum Gasteiger partial charge on any atom is 0.113 e. The number of aromatic amines is 1. The van der Waals surface area contributed by atoms with E-state index in [-0.39, 0.29) is 0 Å². The van der Waals surface area contributed by atoms with Gasteiger partial charge in [-0.15, -0.1) is 0 Å². The first-order valence-corrected chi connectivity index (χ1v) is 7.13. The highest BCUT2D eigenvalue weighted by molar-refractivity contribution is 5.94. The second kappa shape index (κ2) is 4.49. The molecule has 2 N–H and O–H groups in total. The maximum atomic E-state index is 4.67. The van der Waals surface area contributed by atoms with Crippen LogP contribution in [0.1, 0.15) is 18.2 Å². The summed E-state index contributed by atoms with van der Waals surface area (Å²) in [6, 6.07) is 8.40. The number of hydrogen-bond donors (Lipinski definition) is 2. The number of aromatic nitrogens is 3. The van der Waals surface area contributed by atoms with Gasteiger partial charge in [0.15, 0.2) is 0 Å². The molecule has 0 amide bonds. The summed E-state index contributed by atoms with van der Waals surface area (Å²) in [6.07, 6.45) is 5.26. The van der Waals surface area contributed by atoms with E-state index in [1.807, 2.05) is 6.20 Å². The van der Waals surface area contributed by atoms with Crippen molar-refractivity contribution < 1.29 is 0 Å². The molecule has 1 unspecified atom stereocenters. The lowest BCUT2D eigenvalue weighted by molar-refractivity contribution is 0.662. The fourth-order valence-electron chi connectivity index (χ4n) is 3.21. The van der Waals surface area contributed by atoms with Crippen molar-refractivity contribution in [3.8, 4) is 11.3 Å². The molecule has 1 aromatic carbocycles. The Labute approximate surface area is 117 Å². The van der Waals surface area contributed by atoms with E-state index < -0.39 is 0 Å². The molecule has 1 saturated heterocycles. The van der Waals surface area contributed by atoms with Crippen LogP contribution in [0, 0.1) is 0 Å². The Bertz CT molecular complexity index is 747. The summed E-state index contributed by atoms with van der Waals surface area (Å²) in [5.74, 6) is 1.73. The SMILES string of the molecule is Cn1c(-c2c[nH]c3ccccc23)cnc1C1CCNC1. The van der Waals surface area contributed by atoms with Gasteiger partial charge in [-0.1, -0.05) is 18.2 Å². The average Bonchev–Trinajstić information content (AvgIpc) is 3.17. The van der Waals surface area contributed by atoms with Gasteiger partial charge in [-0.25, -0.2) is 4.98 Å². The quantitative estimate of drug-likeness (QED) is 0.749. The van der Waals surface area contributed by atoms with Gasteiger partial charge in [0.05, 0.1) is 11.9 Å². The molecule has 0 saturated carbocycles. The Hall–Kier alpha value is -2.07. The van der Waals surface area contributed by atoms with Crippen LogP contribution < -0.4 is 5.32 Å². The number of imidazole rings is 1. The lowest BCUT2D eigenvalue weighted by Gasteiger charge is -2.10. The maximum absolute atomic E-state index is 4.67. The minimum absolute atomic E-state index is 0.541. The summed E-state index contributed by atoms with van der Waals surface area (Å²) in [4.78, 5) is 8.01. The van der Waals surface area contributed by atoms with Crippen LogP contribution in [0.2, 0.25) is 0 Å². The van der Waals surface area contributed by atoms with Crippen LogP contribution in [0.5, 0.6) is 0 Å². The first-order chi connectivity index (χ1) is 9.84. The smallest absolute Gasteiger partial charge is 0.113 e. The third kappa shape index (κ3) is 1.68. The molecule has 0 radical (unpaired) electrons. The van der Waals surface area contributed by atoms with Gasteiger partial charge in [-0.05, 0) is 19.0 Å². The number of H-pyrrole nitrogens is 1. The van der Waals surface area contributed by atoms with E-state index in [0.717, 1.165) is 13.1 Å². The number of rotatable bonds is 2. The predicted molar refractivity (Wildman–Crippen MR) is 80.7 cm³/mol. The molecule has 1 aliphatic heterocycles. The Morgan fingerprint density at radius 1 is 1.30 bits per heavy atom. The number of nitrogens with zero attached hydrogens (tertiary/aromatic N) is 2. The summed E-state index contributed by atoms with van der Waals surface area (Å²) in [5, 5.41) is 4.67. The molecule has 1 atom stereocenters. The van der Waals surface area contributed by atoms with E-state index in [1.165, 1.54) is 34.4 Å². The molecule has 1 aliphatic rings. The topological polar surface area (TPSA) is 45.6 Å². The minimum atomic E-state index is 0.541. The van der Waals surface area contributed by atoms with Crippen LogP contribution in [-0.2, 0) is 7.05 Å². The fraction of sp³-hybridized carbons (Fsp3) is 0.312. The number of fused-ring (bicyclic) bond motifs is 1. The van der Waals surface area contributed by atoms with E-state index in [0.29, 0.717) is 5.92 Å². The zero-order valence-electron chi connectivity index (χ0n) is 11.6. The molecule has 0 spiro atoms. The Morgan fingerprint density at radius 2 is 2.20 bits per heavy atom. The molecular formula is C16H18N4. The molecule has 4 heteroatoms. The number of benzene rings is 1. The predicted octanol–water partition coefficient (Wildman–Crippen LogP) is 2.65. The summed E-state index contributed by atoms with van der Waals surface area (Å²) >= 11 is 0. The van der Waals surface area contributed by atoms with Crippen molar-refractivity contribution in [2.75, 3.05) is 13.1 Å². The molecule has 102 valence electrons. The van der Waals surface area contributed by atoms with E-state index in [1.54, 1.807) is 0 Å². The van der Waals surface area contributed by atoms with Crippen molar-refractivity contribution in [3.63, 3.8) is 0 Å². The van der Waals surface area contributed by atoms with E-state index in [9.17, 15) is 0 Å². The highest BCUT2D eigenvalue weighted by Crippen LogP contribution is 2.31. The summed E-state index contributed by atoms with van der Waals surface area (Å²) in [6.45, 7) is 2.14. The monoisotopic (exact) mass is 266 g/mol. The summed E-state index contributed by atoms with van der Waals surface area (Å²) < 4.78 is 2.24. The van der Waals surface area contributed by atoms with Crippen LogP contribution in [0.4, 0.5) is 0 Å². The second-order valence-electron chi connectivity index (χ2n) is 5.50. The van der Waals surface area contributed by atoms with Crippen LogP contribution in [0.25, 0.3) is 22.2 Å². The van der Waals surface area contributed by atoms with E-state index in [4.69, 9.17) is 0 Å². The molecule has 1 fully saturated rings. The van der Waals surface area contributed by atoms with Crippen LogP contribution >= 0.6 is 0 Å². The average molecular weight is 266 g/mol. The Balaban J connectivity index is 1.82. The van der Waals surface area contributed by atoms with Crippen LogP contribution in [0.15, 0.2) is 36.7 Å². The molecule has 20 heavy (non-hydrogen) atoms. The number of hydrogen-bond acceptors (Lipinski definition) is 2. The van der Waals surface area contributed by atoms with Crippen molar-refractivity contribution in [2.24, 2.45) is 7.05 Å². The van der Waals surface area contributed by atoms with Gasteiger partial charge in [-0.2, -0.15) is 0 Å². The van der Waals surface area contributed by atoms with Crippen molar-refractivity contribution >= 4 is 10.9 Å². The van der Waals surface area contributed by atoms with Gasteiger partial charge < -0.3 is 14.9 Å². The van der Waals surface area contributed by atoms with Crippen LogP contribution in [-0.4, -0.2) is 27.6 Å². The molecule has 2 aromatic heterocycles. The fourth-order valence-corrected chi connectivity index (χ4v) is 3.21. The van der Waals surface area contributed by atoms with Gasteiger partial charge in [0.1, 0.15) is 5.82 Å². The van der Waals surface area contributed by atoms with Crippen molar-refractivity contribution in [2.45, 2.75) is 12.3 Å². The Kier molecular flexibility index (Phi) is 2.63. The summed E-state index contributed by atoms with van der Waals surface area (Å²) in [5.41, 5.74) is 3.59. The number of para-hydroxylation sites is 1. The number of nitrogens with one attached hydrogen (secondary N) is 2. The third-order valence-corrected chi connectivity index (χ3v) is 4.31. The first kappa shape index (κ1) is 11.7. The molecule has 4 nitrogen and oxygen atoms in total. The second-order valence-corrected chi connectivity index (χ2v) is 5.50. The third-order valence-electron chi connectivity index (χ3n) is 4.31. The van der Waals surface area contributed by atoms with E-state index >= 15 is 0 Å². The largest absolute Gasteiger partial charge is 0.360 e. The van der Waals surface area contributed by atoms with Crippen LogP contribution in [0.3, 0.4) is 0 Å². The molecule has 0 bridgehead atoms. The van der Waals surface area contributed by atoms with Gasteiger partial charge >= 0.3 is 0 Å². The molecule has 4 rings (SSSR count). The highest BCUT2D eigenvalue weighted by atomic mass is 15.1. The molecule has 3 heterocycles. The van der Waals surface area contributed by atoms with Gasteiger partial charge in [0, 0.05) is 42.2 Å². The minimum Gasteiger partial charge on any atom is -0.360 e. The Morgan fingerprint density at radius 3 is 3.05 bits per heavy atom. The normalized spacial score (nSPS) is 18.9. The lowest BCUT2D eigenvalue weighted by atomic mass is 10.1. The zero-order chi connectivity index (χ0) is 13.5. The van der Waals surface area contributed by atoms with Gasteiger partial charge in [0.2, 0.25) is 0 Å². The molecular weight excluding hydrogens is 248 g/mol. The lowest BCUT2D eigenvalue weighted by Crippen LogP contribution is -2.11. The van der Waals surface area contributed by atoms with Crippen molar-refractivity contribution in [3.05, 3.63) is 42.5 Å². The highest BCUT2D eigenvalue weighted by Gasteiger charge is 2.22. The molecule has 3 aromatic rings. The zero-order valence-corrected chi connectivity index (χ0v) is 11.6. The summed E-state index contributed by atoms with van der Waals surface area (Å²) in [7, 11) is 2.12. The van der Waals surface area contributed by atoms with Gasteiger partial charge in [0.25, 0.3) is 0 Å². The van der Waals surface area contributed by atoms with Crippen molar-refractivity contribution in [1.29, 1.82) is 0 Å².